The Kier molecular flexibility index (Phi) is 2.82. The van der Waals surface area contributed by atoms with Crippen LogP contribution in [0.5, 0.6) is 0 Å². The zero-order valence-electron chi connectivity index (χ0n) is 10.2. The summed E-state index contributed by atoms with van der Waals surface area (Å²) >= 11 is 0. The first kappa shape index (κ1) is 11.0. The molecule has 3 unspecified atom stereocenters. The second kappa shape index (κ2) is 3.84. The number of aliphatic imine (C=N–C) groups is 1. The molecule has 0 amide bonds. The minimum atomic E-state index is 0.0231. The van der Waals surface area contributed by atoms with E-state index in [9.17, 15) is 0 Å². The summed E-state index contributed by atoms with van der Waals surface area (Å²) in [6.45, 7) is 3.35. The van der Waals surface area contributed by atoms with Crippen LogP contribution in [-0.2, 0) is 0 Å². The Morgan fingerprint density at radius 1 is 1.47 bits per heavy atom. The van der Waals surface area contributed by atoms with E-state index < -0.39 is 0 Å². The van der Waals surface area contributed by atoms with Gasteiger partial charge in [-0.1, -0.05) is 18.7 Å². The van der Waals surface area contributed by atoms with E-state index >= 15 is 0 Å². The van der Waals surface area contributed by atoms with Gasteiger partial charge in [0.1, 0.15) is 5.84 Å². The maximum atomic E-state index is 6.27. The lowest BCUT2D eigenvalue weighted by molar-refractivity contribution is 0.188. The van der Waals surface area contributed by atoms with Crippen LogP contribution in [0.3, 0.4) is 0 Å². The highest BCUT2D eigenvalue weighted by atomic mass is 15.2. The van der Waals surface area contributed by atoms with E-state index in [2.05, 4.69) is 23.9 Å². The predicted octanol–water partition coefficient (Wildman–Crippen LogP) is 2.11. The third-order valence-electron chi connectivity index (χ3n) is 4.13. The van der Waals surface area contributed by atoms with Gasteiger partial charge >= 0.3 is 0 Å². The van der Waals surface area contributed by atoms with Gasteiger partial charge in [-0.15, -0.1) is 0 Å². The molecule has 0 aromatic heterocycles. The SMILES string of the molecule is [B]C1(C)CCC2CCN(C)C(=NC)C2C1. The molecule has 15 heavy (non-hydrogen) atoms. The number of nitrogens with zero attached hydrogens (tertiary/aromatic N) is 2. The lowest BCUT2D eigenvalue weighted by atomic mass is 9.55. The summed E-state index contributed by atoms with van der Waals surface area (Å²) in [6.07, 6.45) is 4.88. The van der Waals surface area contributed by atoms with Crippen molar-refractivity contribution < 1.29 is 0 Å². The van der Waals surface area contributed by atoms with Crippen LogP contribution in [0.1, 0.15) is 32.6 Å². The molecule has 82 valence electrons. The van der Waals surface area contributed by atoms with Crippen LogP contribution in [0.2, 0.25) is 5.31 Å². The highest BCUT2D eigenvalue weighted by molar-refractivity contribution is 6.15. The molecule has 0 spiro atoms. The molecule has 3 heteroatoms. The molecule has 2 radical (unpaired) electrons. The molecule has 2 fully saturated rings. The molecule has 1 heterocycles. The number of piperidine rings is 1. The standard InChI is InChI=1S/C12H21BN2/c1-12(13)6-4-9-5-7-15(3)11(14-2)10(9)8-12/h9-10H,4-8H2,1-3H3. The van der Waals surface area contributed by atoms with Crippen molar-refractivity contribution in [2.45, 2.75) is 37.9 Å². The highest BCUT2D eigenvalue weighted by Crippen LogP contribution is 2.48. The molecule has 1 saturated heterocycles. The van der Waals surface area contributed by atoms with Crippen molar-refractivity contribution in [2.75, 3.05) is 20.6 Å². The molecule has 2 nitrogen and oxygen atoms in total. The first-order valence-corrected chi connectivity index (χ1v) is 6.00. The number of rotatable bonds is 0. The molecule has 3 atom stereocenters. The van der Waals surface area contributed by atoms with Crippen molar-refractivity contribution in [3.63, 3.8) is 0 Å². The van der Waals surface area contributed by atoms with E-state index in [-0.39, 0.29) is 5.31 Å². The highest BCUT2D eigenvalue weighted by Gasteiger charge is 2.40. The van der Waals surface area contributed by atoms with Gasteiger partial charge in [-0.2, -0.15) is 0 Å². The van der Waals surface area contributed by atoms with Crippen molar-refractivity contribution in [3.05, 3.63) is 0 Å². The van der Waals surface area contributed by atoms with Gasteiger partial charge < -0.3 is 4.90 Å². The Hall–Kier alpha value is -0.465. The molecular formula is C12H21BN2. The maximum absolute atomic E-state index is 6.27. The lowest BCUT2D eigenvalue weighted by Crippen LogP contribution is -2.46. The quantitative estimate of drug-likeness (QED) is 0.552. The normalized spacial score (nSPS) is 44.2. The Morgan fingerprint density at radius 3 is 2.87 bits per heavy atom. The zero-order chi connectivity index (χ0) is 11.1. The van der Waals surface area contributed by atoms with Crippen molar-refractivity contribution in [1.82, 2.24) is 4.90 Å². The minimum Gasteiger partial charge on any atom is -0.363 e. The molecule has 0 N–H and O–H groups in total. The van der Waals surface area contributed by atoms with Crippen LogP contribution in [-0.4, -0.2) is 39.2 Å². The van der Waals surface area contributed by atoms with Gasteiger partial charge in [0.2, 0.25) is 0 Å². The van der Waals surface area contributed by atoms with E-state index in [0.717, 1.165) is 18.9 Å². The van der Waals surface area contributed by atoms with Crippen LogP contribution in [0.4, 0.5) is 0 Å². The number of fused-ring (bicyclic) bond motifs is 1. The second-order valence-corrected chi connectivity index (χ2v) is 5.56. The summed E-state index contributed by atoms with van der Waals surface area (Å²) in [6, 6.07) is 0. The van der Waals surface area contributed by atoms with Gasteiger partial charge in [-0.25, -0.2) is 0 Å². The van der Waals surface area contributed by atoms with Crippen LogP contribution in [0, 0.1) is 11.8 Å². The zero-order valence-corrected chi connectivity index (χ0v) is 10.2. The number of amidine groups is 1. The topological polar surface area (TPSA) is 15.6 Å². The van der Waals surface area contributed by atoms with Crippen LogP contribution in [0.25, 0.3) is 0 Å². The Labute approximate surface area is 94.5 Å². The van der Waals surface area contributed by atoms with E-state index in [4.69, 9.17) is 7.85 Å². The van der Waals surface area contributed by atoms with Gasteiger partial charge in [0, 0.05) is 26.6 Å². The average molecular weight is 204 g/mol. The minimum absolute atomic E-state index is 0.0231. The van der Waals surface area contributed by atoms with Crippen LogP contribution < -0.4 is 0 Å². The first-order chi connectivity index (χ1) is 7.03. The fraction of sp³-hybridized carbons (Fsp3) is 0.917. The van der Waals surface area contributed by atoms with Crippen molar-refractivity contribution in [2.24, 2.45) is 16.8 Å². The molecule has 1 saturated carbocycles. The van der Waals surface area contributed by atoms with E-state index in [1.165, 1.54) is 25.1 Å². The summed E-state index contributed by atoms with van der Waals surface area (Å²) in [5.41, 5.74) is 0. The Balaban J connectivity index is 2.19. The molecular weight excluding hydrogens is 183 g/mol. The number of likely N-dealkylation sites (tertiary alicyclic amines) is 1. The number of hydrogen-bond acceptors (Lipinski definition) is 1. The van der Waals surface area contributed by atoms with Gasteiger partial charge in [0.05, 0.1) is 7.85 Å². The van der Waals surface area contributed by atoms with Crippen molar-refractivity contribution in [3.8, 4) is 0 Å². The summed E-state index contributed by atoms with van der Waals surface area (Å²) < 4.78 is 0. The van der Waals surface area contributed by atoms with E-state index in [1.807, 2.05) is 7.05 Å². The monoisotopic (exact) mass is 204 g/mol. The molecule has 2 rings (SSSR count). The van der Waals surface area contributed by atoms with Crippen molar-refractivity contribution >= 4 is 13.7 Å². The summed E-state index contributed by atoms with van der Waals surface area (Å²) in [7, 11) is 10.3. The van der Waals surface area contributed by atoms with Gasteiger partial charge in [0.15, 0.2) is 0 Å². The van der Waals surface area contributed by atoms with Crippen LogP contribution >= 0.6 is 0 Å². The van der Waals surface area contributed by atoms with Crippen LogP contribution in [0.15, 0.2) is 4.99 Å². The molecule has 0 aromatic rings. The lowest BCUT2D eigenvalue weighted by Gasteiger charge is -2.47. The fourth-order valence-corrected chi connectivity index (χ4v) is 3.23. The van der Waals surface area contributed by atoms with Gasteiger partial charge in [-0.05, 0) is 25.2 Å². The Morgan fingerprint density at radius 2 is 2.20 bits per heavy atom. The molecule has 0 bridgehead atoms. The summed E-state index contributed by atoms with van der Waals surface area (Å²) in [4.78, 5) is 6.77. The average Bonchev–Trinajstić information content (AvgIpc) is 2.16. The van der Waals surface area contributed by atoms with E-state index in [0.29, 0.717) is 5.92 Å². The third kappa shape index (κ3) is 2.06. The third-order valence-corrected chi connectivity index (χ3v) is 4.13. The maximum Gasteiger partial charge on any atom is 0.102 e. The van der Waals surface area contributed by atoms with Gasteiger partial charge in [-0.3, -0.25) is 4.99 Å². The summed E-state index contributed by atoms with van der Waals surface area (Å²) in [5.74, 6) is 2.72. The van der Waals surface area contributed by atoms with E-state index in [1.54, 1.807) is 0 Å². The smallest absolute Gasteiger partial charge is 0.102 e. The summed E-state index contributed by atoms with van der Waals surface area (Å²) in [5, 5.41) is 0.0231. The first-order valence-electron chi connectivity index (χ1n) is 6.00. The molecule has 0 aromatic carbocycles. The molecule has 1 aliphatic carbocycles. The largest absolute Gasteiger partial charge is 0.363 e. The molecule has 1 aliphatic heterocycles. The number of hydrogen-bond donors (Lipinski definition) is 0. The predicted molar refractivity (Wildman–Crippen MR) is 65.6 cm³/mol. The fourth-order valence-electron chi connectivity index (χ4n) is 3.23. The Bertz CT molecular complexity index is 273. The molecule has 2 aliphatic rings. The van der Waals surface area contributed by atoms with Crippen molar-refractivity contribution in [1.29, 1.82) is 0 Å². The van der Waals surface area contributed by atoms with Gasteiger partial charge in [0.25, 0.3) is 0 Å². The second-order valence-electron chi connectivity index (χ2n) is 5.56.